The first-order chi connectivity index (χ1) is 19.7. The number of nitrogens with zero attached hydrogens (tertiary/aromatic N) is 1. The Morgan fingerprint density at radius 2 is 1.78 bits per heavy atom. The van der Waals surface area contributed by atoms with Gasteiger partial charge in [0.2, 0.25) is 0 Å². The van der Waals surface area contributed by atoms with Gasteiger partial charge in [-0.25, -0.2) is 18.5 Å². The molecule has 0 atom stereocenters. The lowest BCUT2D eigenvalue weighted by Gasteiger charge is -2.26. The fourth-order valence-electron chi connectivity index (χ4n) is 4.07. The zero-order valence-corrected chi connectivity index (χ0v) is 23.9. The molecule has 0 fully saturated rings. The second-order valence-corrected chi connectivity index (χ2v) is 10.4. The summed E-state index contributed by atoms with van der Waals surface area (Å²) in [6.45, 7) is 1.89. The summed E-state index contributed by atoms with van der Waals surface area (Å²) in [5.74, 6) is -3.06. The van der Waals surface area contributed by atoms with Crippen LogP contribution in [0.4, 0.5) is 14.5 Å². The lowest BCUT2D eigenvalue weighted by atomic mass is 9.90. The number of hydrogen-bond acceptors (Lipinski definition) is 7. The molecule has 0 heterocycles. The van der Waals surface area contributed by atoms with Crippen LogP contribution in [-0.2, 0) is 23.9 Å². The van der Waals surface area contributed by atoms with Gasteiger partial charge in [-0.3, -0.25) is 14.4 Å². The smallest absolute Gasteiger partial charge is 0.335 e. The molecule has 2 aromatic carbocycles. The summed E-state index contributed by atoms with van der Waals surface area (Å²) in [7, 11) is 0. The SMILES string of the molecule is C#CCOC(=O)C1=C(C(=O)N(C(=O)c2cccc(F)c2)c2cc(SCC(=O)OCCCC)c(Cl)cc2F)CCCC1. The van der Waals surface area contributed by atoms with E-state index in [1.54, 1.807) is 0 Å². The number of rotatable bonds is 11. The van der Waals surface area contributed by atoms with Crippen molar-refractivity contribution in [3.8, 4) is 12.3 Å². The zero-order valence-electron chi connectivity index (χ0n) is 22.3. The van der Waals surface area contributed by atoms with Gasteiger partial charge < -0.3 is 9.47 Å². The third kappa shape index (κ3) is 8.41. The molecule has 0 spiro atoms. The van der Waals surface area contributed by atoms with Gasteiger partial charge in [-0.05, 0) is 62.4 Å². The van der Waals surface area contributed by atoms with Crippen LogP contribution in [0.15, 0.2) is 52.4 Å². The van der Waals surface area contributed by atoms with Gasteiger partial charge in [-0.15, -0.1) is 18.2 Å². The summed E-state index contributed by atoms with van der Waals surface area (Å²) in [6.07, 6.45) is 8.14. The van der Waals surface area contributed by atoms with E-state index in [2.05, 4.69) is 5.92 Å². The van der Waals surface area contributed by atoms with Crippen molar-refractivity contribution in [1.82, 2.24) is 0 Å². The number of imide groups is 1. The number of esters is 2. The number of unbranched alkanes of at least 4 members (excludes halogenated alkanes) is 1. The van der Waals surface area contributed by atoms with Gasteiger partial charge >= 0.3 is 11.9 Å². The average Bonchev–Trinajstić information content (AvgIpc) is 2.96. The first-order valence-electron chi connectivity index (χ1n) is 12.9. The number of ether oxygens (including phenoxy) is 2. The van der Waals surface area contributed by atoms with Crippen molar-refractivity contribution in [2.75, 3.05) is 23.9 Å². The summed E-state index contributed by atoms with van der Waals surface area (Å²) < 4.78 is 39.7. The van der Waals surface area contributed by atoms with E-state index in [1.165, 1.54) is 12.1 Å². The van der Waals surface area contributed by atoms with Gasteiger partial charge in [0.05, 0.1) is 23.1 Å². The standard InChI is InChI=1S/C30H28ClF2NO6S/c1-3-5-14-39-27(35)18-41-26-17-25(24(33)16-23(26)31)34(28(36)19-9-8-10-20(32)15-19)29(37)21-11-6-7-12-22(21)30(38)40-13-4-2/h2,8-10,15-17H,3,5-7,11-14,18H2,1H3. The second kappa shape index (κ2) is 15.4. The van der Waals surface area contributed by atoms with Gasteiger partial charge in [0.15, 0.2) is 6.61 Å². The van der Waals surface area contributed by atoms with E-state index in [-0.39, 0.29) is 58.4 Å². The predicted molar refractivity (Wildman–Crippen MR) is 152 cm³/mol. The Morgan fingerprint density at radius 1 is 1.05 bits per heavy atom. The molecule has 41 heavy (non-hydrogen) atoms. The number of anilines is 1. The molecule has 0 unspecified atom stereocenters. The fourth-order valence-corrected chi connectivity index (χ4v) is 5.13. The monoisotopic (exact) mass is 603 g/mol. The first-order valence-corrected chi connectivity index (χ1v) is 14.3. The predicted octanol–water partition coefficient (Wildman–Crippen LogP) is 6.27. The maximum Gasteiger partial charge on any atom is 0.335 e. The largest absolute Gasteiger partial charge is 0.465 e. The van der Waals surface area contributed by atoms with Gasteiger partial charge in [0.1, 0.15) is 11.6 Å². The van der Waals surface area contributed by atoms with E-state index >= 15 is 4.39 Å². The van der Waals surface area contributed by atoms with Crippen molar-refractivity contribution in [2.45, 2.75) is 50.3 Å². The van der Waals surface area contributed by atoms with E-state index in [4.69, 9.17) is 27.5 Å². The van der Waals surface area contributed by atoms with Gasteiger partial charge in [0.25, 0.3) is 11.8 Å². The minimum Gasteiger partial charge on any atom is -0.465 e. The third-order valence-electron chi connectivity index (χ3n) is 6.09. The minimum atomic E-state index is -1.03. The highest BCUT2D eigenvalue weighted by molar-refractivity contribution is 8.00. The Morgan fingerprint density at radius 3 is 2.46 bits per heavy atom. The normalized spacial score (nSPS) is 12.9. The summed E-state index contributed by atoms with van der Waals surface area (Å²) in [6, 6.07) is 6.66. The second-order valence-electron chi connectivity index (χ2n) is 9.00. The lowest BCUT2D eigenvalue weighted by molar-refractivity contribution is -0.140. The molecule has 1 aliphatic rings. The third-order valence-corrected chi connectivity index (χ3v) is 7.54. The van der Waals surface area contributed by atoms with Crippen molar-refractivity contribution in [3.63, 3.8) is 0 Å². The van der Waals surface area contributed by atoms with Crippen molar-refractivity contribution in [2.24, 2.45) is 0 Å². The molecule has 2 aromatic rings. The highest BCUT2D eigenvalue weighted by Gasteiger charge is 2.34. The molecule has 0 aliphatic heterocycles. The molecule has 216 valence electrons. The van der Waals surface area contributed by atoms with E-state index in [0.717, 1.165) is 42.4 Å². The average molecular weight is 604 g/mol. The number of amides is 2. The highest BCUT2D eigenvalue weighted by atomic mass is 35.5. The van der Waals surface area contributed by atoms with Crippen LogP contribution in [0.25, 0.3) is 0 Å². The van der Waals surface area contributed by atoms with E-state index < -0.39 is 41.1 Å². The number of carbonyl (C=O) groups is 4. The summed E-state index contributed by atoms with van der Waals surface area (Å²) >= 11 is 7.18. The number of benzene rings is 2. The quantitative estimate of drug-likeness (QED) is 0.0982. The van der Waals surface area contributed by atoms with Gasteiger partial charge in [0, 0.05) is 21.6 Å². The van der Waals surface area contributed by atoms with Gasteiger partial charge in [-0.1, -0.05) is 36.9 Å². The topological polar surface area (TPSA) is 90.0 Å². The molecule has 0 saturated heterocycles. The van der Waals surface area contributed by atoms with Crippen molar-refractivity contribution >= 4 is 52.8 Å². The molecule has 0 aromatic heterocycles. The Balaban J connectivity index is 2.07. The van der Waals surface area contributed by atoms with Crippen LogP contribution in [0.2, 0.25) is 5.02 Å². The Kier molecular flexibility index (Phi) is 11.9. The van der Waals surface area contributed by atoms with E-state index in [9.17, 15) is 23.6 Å². The van der Waals surface area contributed by atoms with Crippen molar-refractivity contribution in [1.29, 1.82) is 0 Å². The number of terminal acetylenes is 1. The number of halogens is 3. The van der Waals surface area contributed by atoms with Crippen molar-refractivity contribution in [3.05, 3.63) is 69.8 Å². The molecule has 0 radical (unpaired) electrons. The van der Waals surface area contributed by atoms with Crippen molar-refractivity contribution < 1.29 is 37.4 Å². The van der Waals surface area contributed by atoms with Crippen LogP contribution in [0.3, 0.4) is 0 Å². The maximum absolute atomic E-state index is 15.5. The molecule has 0 N–H and O–H groups in total. The van der Waals surface area contributed by atoms with Crippen LogP contribution in [-0.4, -0.2) is 42.7 Å². The van der Waals surface area contributed by atoms with Crippen LogP contribution >= 0.6 is 23.4 Å². The van der Waals surface area contributed by atoms with Crippen LogP contribution < -0.4 is 4.90 Å². The Bertz CT molecular complexity index is 1400. The molecule has 2 amide bonds. The van der Waals surface area contributed by atoms with E-state index in [1.807, 2.05) is 6.92 Å². The van der Waals surface area contributed by atoms with Crippen LogP contribution in [0.1, 0.15) is 55.8 Å². The Labute approximate surface area is 246 Å². The molecule has 3 rings (SSSR count). The molecule has 0 saturated carbocycles. The summed E-state index contributed by atoms with van der Waals surface area (Å²) in [5, 5.41) is -0.0568. The maximum atomic E-state index is 15.5. The van der Waals surface area contributed by atoms with Crippen LogP contribution in [0, 0.1) is 24.0 Å². The molecule has 1 aliphatic carbocycles. The number of carbonyl (C=O) groups excluding carboxylic acids is 4. The molecular formula is C30H28ClF2NO6S. The molecule has 0 bridgehead atoms. The van der Waals surface area contributed by atoms with Gasteiger partial charge in [-0.2, -0.15) is 0 Å². The highest BCUT2D eigenvalue weighted by Crippen LogP contribution is 2.36. The molecule has 11 heteroatoms. The number of thioether (sulfide) groups is 1. The minimum absolute atomic E-state index is 0.0346. The number of hydrogen-bond donors (Lipinski definition) is 0. The molecular weight excluding hydrogens is 576 g/mol. The zero-order chi connectivity index (χ0) is 29.9. The summed E-state index contributed by atoms with van der Waals surface area (Å²) in [5.41, 5.74) is -0.711. The van der Waals surface area contributed by atoms with E-state index in [0.29, 0.717) is 24.2 Å². The van der Waals surface area contributed by atoms with Crippen LogP contribution in [0.5, 0.6) is 0 Å². The Hall–Kier alpha value is -3.68. The molecule has 7 nitrogen and oxygen atoms in total. The summed E-state index contributed by atoms with van der Waals surface area (Å²) in [4.78, 5) is 53.2. The fraction of sp³-hybridized carbons (Fsp3) is 0.333. The first kappa shape index (κ1) is 31.8. The lowest BCUT2D eigenvalue weighted by Crippen LogP contribution is -2.40.